The zero-order valence-electron chi connectivity index (χ0n) is 36.4. The van der Waals surface area contributed by atoms with Crippen LogP contribution < -0.4 is 0 Å². The molecule has 67 heavy (non-hydrogen) atoms. The highest BCUT2D eigenvalue weighted by Crippen LogP contribution is 2.69. The van der Waals surface area contributed by atoms with Gasteiger partial charge in [0.1, 0.15) is 5.75 Å². The molecule has 312 valence electrons. The first-order valence-electron chi connectivity index (χ1n) is 23.0. The van der Waals surface area contributed by atoms with Gasteiger partial charge in [-0.2, -0.15) is 0 Å². The van der Waals surface area contributed by atoms with Crippen LogP contribution in [-0.2, 0) is 10.8 Å². The van der Waals surface area contributed by atoms with E-state index in [1.165, 1.54) is 49.9 Å². The zero-order chi connectivity index (χ0) is 44.3. The molecule has 1 N–H and O–H groups in total. The van der Waals surface area contributed by atoms with Gasteiger partial charge < -0.3 is 5.11 Å². The Morgan fingerprint density at radius 1 is 0.299 bits per heavy atom. The Kier molecular flexibility index (Phi) is 7.97. The Labute approximate surface area is 389 Å². The fourth-order valence-electron chi connectivity index (χ4n) is 12.3. The van der Waals surface area contributed by atoms with Gasteiger partial charge in [0.25, 0.3) is 0 Å². The van der Waals surface area contributed by atoms with Crippen LogP contribution >= 0.6 is 0 Å². The van der Waals surface area contributed by atoms with Crippen LogP contribution in [0.15, 0.2) is 237 Å². The molecule has 2 spiro atoms. The lowest BCUT2D eigenvalue weighted by Crippen LogP contribution is -2.44. The third kappa shape index (κ3) is 5.06. The number of hydrogen-bond donors (Lipinski definition) is 1. The number of aromatic hydroxyl groups is 1. The third-order valence-corrected chi connectivity index (χ3v) is 14.9. The highest BCUT2D eigenvalue weighted by molar-refractivity contribution is 6.02. The van der Waals surface area contributed by atoms with E-state index >= 15 is 0 Å². The van der Waals surface area contributed by atoms with Crippen LogP contribution in [-0.4, -0.2) is 15.1 Å². The number of phenolic OH excluding ortho intramolecular Hbond substituents is 1. The third-order valence-electron chi connectivity index (χ3n) is 14.9. The standard InChI is InChI=1S/C64H40N2O/c67-58-37-36-48-60-47(57-39-56(41-19-3-1-4-20-41)65-62(66-57)44-35-34-40-18-7-8-23-43(40)38-44)26-17-33-55(60)64(61(48)59(58)42-21-5-2-6-22-42)53-31-15-13-29-51(53)63(52-30-14-16-32-54(52)64)49-27-11-9-24-45(49)46-25-10-12-28-50(46)63/h1-39,67H. The molecule has 14 rings (SSSR count). The normalized spacial score (nSPS) is 14.0. The topological polar surface area (TPSA) is 46.0 Å². The van der Waals surface area contributed by atoms with Crippen LogP contribution in [0.5, 0.6) is 5.75 Å². The van der Waals surface area contributed by atoms with Crippen molar-refractivity contribution in [2.45, 2.75) is 10.8 Å². The summed E-state index contributed by atoms with van der Waals surface area (Å²) in [5, 5.41) is 14.8. The van der Waals surface area contributed by atoms with Crippen molar-refractivity contribution >= 4 is 10.8 Å². The fourth-order valence-corrected chi connectivity index (χ4v) is 12.3. The van der Waals surface area contributed by atoms with Gasteiger partial charge in [-0.1, -0.05) is 218 Å². The summed E-state index contributed by atoms with van der Waals surface area (Å²) >= 11 is 0. The predicted octanol–water partition coefficient (Wildman–Crippen LogP) is 15.0. The quantitative estimate of drug-likeness (QED) is 0.192. The first kappa shape index (κ1) is 37.7. The van der Waals surface area contributed by atoms with Crippen molar-refractivity contribution in [2.75, 3.05) is 0 Å². The molecule has 0 saturated heterocycles. The number of hydrogen-bond acceptors (Lipinski definition) is 3. The maximum absolute atomic E-state index is 12.4. The molecular weight excluding hydrogens is 813 g/mol. The summed E-state index contributed by atoms with van der Waals surface area (Å²) in [5.74, 6) is 0.912. The Bertz CT molecular complexity index is 3740. The molecule has 1 heterocycles. The van der Waals surface area contributed by atoms with Gasteiger partial charge in [-0.05, 0) is 101 Å². The summed E-state index contributed by atoms with van der Waals surface area (Å²) in [7, 11) is 0. The maximum Gasteiger partial charge on any atom is 0.160 e. The van der Waals surface area contributed by atoms with Gasteiger partial charge in [0.2, 0.25) is 0 Å². The summed E-state index contributed by atoms with van der Waals surface area (Å²) in [6.07, 6.45) is 0. The largest absolute Gasteiger partial charge is 0.507 e. The molecule has 1 aromatic heterocycles. The smallest absolute Gasteiger partial charge is 0.160 e. The lowest BCUT2D eigenvalue weighted by Gasteiger charge is -2.49. The van der Waals surface area contributed by atoms with E-state index in [4.69, 9.17) is 9.97 Å². The van der Waals surface area contributed by atoms with Crippen molar-refractivity contribution in [1.82, 2.24) is 9.97 Å². The average molecular weight is 853 g/mol. The van der Waals surface area contributed by atoms with E-state index in [1.54, 1.807) is 0 Å². The van der Waals surface area contributed by atoms with Gasteiger partial charge in [0, 0.05) is 22.3 Å². The van der Waals surface area contributed by atoms with Crippen molar-refractivity contribution in [1.29, 1.82) is 0 Å². The lowest BCUT2D eigenvalue weighted by atomic mass is 9.52. The van der Waals surface area contributed by atoms with E-state index in [2.05, 4.69) is 218 Å². The molecule has 0 amide bonds. The molecule has 0 unspecified atom stereocenters. The minimum atomic E-state index is -0.855. The number of aromatic nitrogens is 2. The second-order valence-electron chi connectivity index (χ2n) is 18.0. The first-order chi connectivity index (χ1) is 33.2. The minimum Gasteiger partial charge on any atom is -0.507 e. The van der Waals surface area contributed by atoms with Crippen molar-refractivity contribution in [3.63, 3.8) is 0 Å². The first-order valence-corrected chi connectivity index (χ1v) is 23.0. The summed E-state index contributed by atoms with van der Waals surface area (Å²) in [4.78, 5) is 10.8. The second-order valence-corrected chi connectivity index (χ2v) is 18.0. The molecule has 10 aromatic carbocycles. The molecule has 11 aromatic rings. The van der Waals surface area contributed by atoms with E-state index in [-0.39, 0.29) is 5.75 Å². The van der Waals surface area contributed by atoms with Gasteiger partial charge in [-0.3, -0.25) is 0 Å². The van der Waals surface area contributed by atoms with Crippen LogP contribution in [0.3, 0.4) is 0 Å². The highest BCUT2D eigenvalue weighted by Gasteiger charge is 2.60. The Morgan fingerprint density at radius 2 is 0.806 bits per heavy atom. The number of fused-ring (bicyclic) bond motifs is 17. The number of phenols is 1. The highest BCUT2D eigenvalue weighted by atomic mass is 16.3. The molecule has 3 heteroatoms. The molecule has 0 radical (unpaired) electrons. The SMILES string of the molecule is Oc1ccc2c(c1-c1ccccc1)C1(c3ccccc3C3(c4ccccc4-c4ccccc43)c3ccccc31)c1cccc(-c3cc(-c4ccccc4)nc(-c4ccc5ccccc5c4)n3)c1-2. The van der Waals surface area contributed by atoms with Gasteiger partial charge in [0.05, 0.1) is 22.2 Å². The van der Waals surface area contributed by atoms with Gasteiger partial charge in [-0.15, -0.1) is 0 Å². The van der Waals surface area contributed by atoms with Crippen molar-refractivity contribution in [2.24, 2.45) is 0 Å². The molecule has 0 saturated carbocycles. The predicted molar refractivity (Wildman–Crippen MR) is 271 cm³/mol. The van der Waals surface area contributed by atoms with E-state index < -0.39 is 10.8 Å². The number of benzene rings is 10. The molecule has 0 atom stereocenters. The van der Waals surface area contributed by atoms with Gasteiger partial charge in [-0.25, -0.2) is 9.97 Å². The minimum absolute atomic E-state index is 0.248. The van der Waals surface area contributed by atoms with Crippen LogP contribution in [0.4, 0.5) is 0 Å². The van der Waals surface area contributed by atoms with Crippen LogP contribution in [0.1, 0.15) is 44.5 Å². The monoisotopic (exact) mass is 852 g/mol. The van der Waals surface area contributed by atoms with Crippen molar-refractivity contribution < 1.29 is 5.11 Å². The van der Waals surface area contributed by atoms with E-state index in [0.29, 0.717) is 5.82 Å². The maximum atomic E-state index is 12.4. The lowest BCUT2D eigenvalue weighted by molar-refractivity contribution is 0.476. The number of nitrogens with zero attached hydrogens (tertiary/aromatic N) is 2. The summed E-state index contributed by atoms with van der Waals surface area (Å²) in [6, 6.07) is 85.0. The molecule has 0 fully saturated rings. The molecule has 3 aliphatic carbocycles. The van der Waals surface area contributed by atoms with Crippen molar-refractivity contribution in [3.8, 4) is 73.0 Å². The number of rotatable bonds is 4. The molecule has 0 aliphatic heterocycles. The Balaban J connectivity index is 1.12. The second kappa shape index (κ2) is 14.2. The Hall–Kier alpha value is -8.66. The van der Waals surface area contributed by atoms with E-state index in [0.717, 1.165) is 66.8 Å². The molecular formula is C64H40N2O. The van der Waals surface area contributed by atoms with Gasteiger partial charge >= 0.3 is 0 Å². The van der Waals surface area contributed by atoms with Crippen molar-refractivity contribution in [3.05, 3.63) is 281 Å². The van der Waals surface area contributed by atoms with Gasteiger partial charge in [0.15, 0.2) is 5.82 Å². The fraction of sp³-hybridized carbons (Fsp3) is 0.0312. The summed E-state index contributed by atoms with van der Waals surface area (Å²) in [6.45, 7) is 0. The zero-order valence-corrected chi connectivity index (χ0v) is 36.4. The molecule has 0 bridgehead atoms. The van der Waals surface area contributed by atoms with E-state index in [9.17, 15) is 5.11 Å². The molecule has 3 aliphatic rings. The van der Waals surface area contributed by atoms with Crippen LogP contribution in [0.2, 0.25) is 0 Å². The average Bonchev–Trinajstić information content (AvgIpc) is 3.86. The summed E-state index contributed by atoms with van der Waals surface area (Å²) < 4.78 is 0. The Morgan fingerprint density at radius 3 is 1.46 bits per heavy atom. The van der Waals surface area contributed by atoms with Crippen LogP contribution in [0.25, 0.3) is 78.1 Å². The molecule has 3 nitrogen and oxygen atoms in total. The van der Waals surface area contributed by atoms with Crippen LogP contribution in [0, 0.1) is 0 Å². The summed E-state index contributed by atoms with van der Waals surface area (Å²) in [5.41, 5.74) is 19.4. The van der Waals surface area contributed by atoms with E-state index in [1.807, 2.05) is 18.2 Å².